The van der Waals surface area contributed by atoms with Gasteiger partial charge in [0.25, 0.3) is 5.91 Å². The standard InChI is InChI=1S/C17H17FN2O/c1-2-6-16(13-9-11-15(18)12-10-13)19-20-17(21)14-7-4-3-5-8-14/h2-5,7-12,16,19H,1,6H2,(H,20,21)/t16-/m0/s1. The highest BCUT2D eigenvalue weighted by Gasteiger charge is 2.11. The fourth-order valence-electron chi connectivity index (χ4n) is 1.95. The number of amides is 1. The highest BCUT2D eigenvalue weighted by atomic mass is 19.1. The molecule has 2 N–H and O–H groups in total. The van der Waals surface area contributed by atoms with Gasteiger partial charge in [0.15, 0.2) is 0 Å². The van der Waals surface area contributed by atoms with Crippen molar-refractivity contribution in [3.8, 4) is 0 Å². The maximum Gasteiger partial charge on any atom is 0.265 e. The minimum atomic E-state index is -0.288. The van der Waals surface area contributed by atoms with Crippen molar-refractivity contribution < 1.29 is 9.18 Å². The van der Waals surface area contributed by atoms with Crippen LogP contribution < -0.4 is 10.9 Å². The lowest BCUT2D eigenvalue weighted by atomic mass is 10.0. The summed E-state index contributed by atoms with van der Waals surface area (Å²) < 4.78 is 13.0. The lowest BCUT2D eigenvalue weighted by Gasteiger charge is -2.18. The molecule has 0 unspecified atom stereocenters. The Hall–Kier alpha value is -2.46. The van der Waals surface area contributed by atoms with Crippen LogP contribution in [0.1, 0.15) is 28.4 Å². The van der Waals surface area contributed by atoms with Gasteiger partial charge in [-0.05, 0) is 36.2 Å². The molecule has 0 spiro atoms. The maximum atomic E-state index is 13.0. The number of halogens is 1. The van der Waals surface area contributed by atoms with E-state index in [1.54, 1.807) is 42.5 Å². The second-order valence-corrected chi connectivity index (χ2v) is 4.59. The van der Waals surface area contributed by atoms with Crippen molar-refractivity contribution in [3.63, 3.8) is 0 Å². The van der Waals surface area contributed by atoms with E-state index in [1.165, 1.54) is 12.1 Å². The highest BCUT2D eigenvalue weighted by Crippen LogP contribution is 2.17. The molecule has 108 valence electrons. The molecule has 2 aromatic carbocycles. The molecule has 0 saturated carbocycles. The Labute approximate surface area is 123 Å². The van der Waals surface area contributed by atoms with Crippen molar-refractivity contribution in [1.82, 2.24) is 10.9 Å². The second-order valence-electron chi connectivity index (χ2n) is 4.59. The number of hydrogen-bond donors (Lipinski definition) is 2. The first-order valence-corrected chi connectivity index (χ1v) is 6.68. The number of nitrogens with one attached hydrogen (secondary N) is 2. The minimum Gasteiger partial charge on any atom is -0.287 e. The zero-order valence-corrected chi connectivity index (χ0v) is 11.6. The third kappa shape index (κ3) is 4.26. The number of carbonyl (C=O) groups is 1. The third-order valence-electron chi connectivity index (χ3n) is 3.07. The molecule has 0 aliphatic carbocycles. The van der Waals surface area contributed by atoms with Gasteiger partial charge in [-0.15, -0.1) is 6.58 Å². The summed E-state index contributed by atoms with van der Waals surface area (Å²) >= 11 is 0. The van der Waals surface area contributed by atoms with Crippen molar-refractivity contribution in [2.45, 2.75) is 12.5 Å². The van der Waals surface area contributed by atoms with E-state index in [-0.39, 0.29) is 17.8 Å². The highest BCUT2D eigenvalue weighted by molar-refractivity contribution is 5.93. The smallest absolute Gasteiger partial charge is 0.265 e. The first-order chi connectivity index (χ1) is 10.2. The summed E-state index contributed by atoms with van der Waals surface area (Å²) in [6.07, 6.45) is 2.36. The molecule has 0 aliphatic rings. The van der Waals surface area contributed by atoms with Gasteiger partial charge in [-0.1, -0.05) is 36.4 Å². The fourth-order valence-corrected chi connectivity index (χ4v) is 1.95. The molecule has 0 saturated heterocycles. The third-order valence-corrected chi connectivity index (χ3v) is 3.07. The molecule has 0 radical (unpaired) electrons. The van der Waals surface area contributed by atoms with Crippen LogP contribution in [0.15, 0.2) is 67.3 Å². The summed E-state index contributed by atoms with van der Waals surface area (Å²) in [5.74, 6) is -0.504. The van der Waals surface area contributed by atoms with Crippen molar-refractivity contribution >= 4 is 5.91 Å². The SMILES string of the molecule is C=CC[C@H](NNC(=O)c1ccccc1)c1ccc(F)cc1. The summed E-state index contributed by atoms with van der Waals surface area (Å²) in [6, 6.07) is 14.9. The fraction of sp³-hybridized carbons (Fsp3) is 0.118. The second kappa shape index (κ2) is 7.36. The van der Waals surface area contributed by atoms with Crippen molar-refractivity contribution in [2.24, 2.45) is 0 Å². The van der Waals surface area contributed by atoms with E-state index in [4.69, 9.17) is 0 Å². The molecule has 0 bridgehead atoms. The predicted octanol–water partition coefficient (Wildman–Crippen LogP) is 3.38. The topological polar surface area (TPSA) is 41.1 Å². The number of carbonyl (C=O) groups excluding carboxylic acids is 1. The number of benzene rings is 2. The van der Waals surface area contributed by atoms with Gasteiger partial charge in [-0.25, -0.2) is 9.82 Å². The minimum absolute atomic E-state index is 0.157. The maximum absolute atomic E-state index is 13.0. The Kier molecular flexibility index (Phi) is 5.23. The van der Waals surface area contributed by atoms with Crippen LogP contribution in [-0.2, 0) is 0 Å². The molecular weight excluding hydrogens is 267 g/mol. The van der Waals surface area contributed by atoms with Crippen LogP contribution in [0.5, 0.6) is 0 Å². The Morgan fingerprint density at radius 3 is 2.43 bits per heavy atom. The van der Waals surface area contributed by atoms with E-state index in [9.17, 15) is 9.18 Å². The van der Waals surface area contributed by atoms with E-state index < -0.39 is 0 Å². The van der Waals surface area contributed by atoms with Gasteiger partial charge in [-0.2, -0.15) is 0 Å². The molecular formula is C17H17FN2O. The molecule has 1 atom stereocenters. The molecule has 2 aromatic rings. The zero-order valence-electron chi connectivity index (χ0n) is 11.6. The number of rotatable bonds is 6. The monoisotopic (exact) mass is 284 g/mol. The van der Waals surface area contributed by atoms with Crippen LogP contribution >= 0.6 is 0 Å². The van der Waals surface area contributed by atoms with E-state index >= 15 is 0 Å². The molecule has 1 amide bonds. The van der Waals surface area contributed by atoms with E-state index in [1.807, 2.05) is 6.07 Å². The van der Waals surface area contributed by atoms with Crippen LogP contribution in [0, 0.1) is 5.82 Å². The van der Waals surface area contributed by atoms with Crippen LogP contribution in [0.25, 0.3) is 0 Å². The Bertz CT molecular complexity index is 596. The summed E-state index contributed by atoms with van der Waals surface area (Å²) in [6.45, 7) is 3.70. The van der Waals surface area contributed by atoms with Crippen molar-refractivity contribution in [1.29, 1.82) is 0 Å². The van der Waals surface area contributed by atoms with Crippen LogP contribution in [0.3, 0.4) is 0 Å². The molecule has 0 fully saturated rings. The van der Waals surface area contributed by atoms with Crippen LogP contribution in [0.4, 0.5) is 4.39 Å². The molecule has 2 rings (SSSR count). The summed E-state index contributed by atoms with van der Waals surface area (Å²) in [4.78, 5) is 12.0. The Morgan fingerprint density at radius 2 is 1.81 bits per heavy atom. The summed E-state index contributed by atoms with van der Waals surface area (Å²) in [7, 11) is 0. The Balaban J connectivity index is 2.02. The molecule has 0 aromatic heterocycles. The first-order valence-electron chi connectivity index (χ1n) is 6.68. The van der Waals surface area contributed by atoms with Gasteiger partial charge in [0.05, 0.1) is 6.04 Å². The number of hydrazine groups is 1. The van der Waals surface area contributed by atoms with Gasteiger partial charge in [0.2, 0.25) is 0 Å². The van der Waals surface area contributed by atoms with E-state index in [2.05, 4.69) is 17.4 Å². The predicted molar refractivity (Wildman–Crippen MR) is 81.0 cm³/mol. The molecule has 0 aliphatic heterocycles. The van der Waals surface area contributed by atoms with Gasteiger partial charge in [-0.3, -0.25) is 10.2 Å². The molecule has 0 heterocycles. The van der Waals surface area contributed by atoms with Crippen molar-refractivity contribution in [3.05, 3.63) is 84.2 Å². The van der Waals surface area contributed by atoms with Crippen LogP contribution in [-0.4, -0.2) is 5.91 Å². The zero-order chi connectivity index (χ0) is 15.1. The molecule has 21 heavy (non-hydrogen) atoms. The molecule has 3 nitrogen and oxygen atoms in total. The first kappa shape index (κ1) is 14.9. The molecule has 4 heteroatoms. The van der Waals surface area contributed by atoms with Gasteiger partial charge in [0, 0.05) is 5.56 Å². The summed E-state index contributed by atoms with van der Waals surface area (Å²) in [5, 5.41) is 0. The average molecular weight is 284 g/mol. The quantitative estimate of drug-likeness (QED) is 0.630. The van der Waals surface area contributed by atoms with E-state index in [0.717, 1.165) is 5.56 Å². The average Bonchev–Trinajstić information content (AvgIpc) is 2.53. The number of hydrogen-bond acceptors (Lipinski definition) is 2. The van der Waals surface area contributed by atoms with Crippen LogP contribution in [0.2, 0.25) is 0 Å². The largest absolute Gasteiger partial charge is 0.287 e. The van der Waals surface area contributed by atoms with Gasteiger partial charge < -0.3 is 0 Å². The van der Waals surface area contributed by atoms with Crippen molar-refractivity contribution in [2.75, 3.05) is 0 Å². The van der Waals surface area contributed by atoms with Gasteiger partial charge in [0.1, 0.15) is 5.82 Å². The van der Waals surface area contributed by atoms with Gasteiger partial charge >= 0.3 is 0 Å². The summed E-state index contributed by atoms with van der Waals surface area (Å²) in [5.41, 5.74) is 7.08. The normalized spacial score (nSPS) is 11.7. The Morgan fingerprint density at radius 1 is 1.14 bits per heavy atom. The lowest BCUT2D eigenvalue weighted by molar-refractivity contribution is 0.0925. The van der Waals surface area contributed by atoms with E-state index in [0.29, 0.717) is 12.0 Å². The lowest BCUT2D eigenvalue weighted by Crippen LogP contribution is -2.39.